The zero-order valence-corrected chi connectivity index (χ0v) is 16.2. The molecular formula is C17H25N5O3S. The Kier molecular flexibility index (Phi) is 5.29. The van der Waals surface area contributed by atoms with Crippen molar-refractivity contribution in [3.8, 4) is 0 Å². The quantitative estimate of drug-likeness (QED) is 0.732. The smallest absolute Gasteiger partial charge is 0.323 e. The van der Waals surface area contributed by atoms with Gasteiger partial charge in [-0.05, 0) is 19.4 Å². The number of likely N-dealkylation sites (N-methyl/N-ethyl adjacent to an activating group) is 1. The monoisotopic (exact) mass is 379 g/mol. The SMILES string of the molecule is CCN1CCc2nc(NC(=O)CN3C(=O)NC(CC)(CC)C3=O)sc2C1. The highest BCUT2D eigenvalue weighted by molar-refractivity contribution is 7.15. The van der Waals surface area contributed by atoms with Crippen molar-refractivity contribution in [2.75, 3.05) is 25.0 Å². The van der Waals surface area contributed by atoms with Crippen LogP contribution in [0.2, 0.25) is 0 Å². The van der Waals surface area contributed by atoms with Crippen molar-refractivity contribution in [2.24, 2.45) is 0 Å². The second-order valence-corrected chi connectivity index (χ2v) is 7.75. The van der Waals surface area contributed by atoms with Crippen LogP contribution in [0, 0.1) is 0 Å². The van der Waals surface area contributed by atoms with E-state index in [2.05, 4.69) is 27.4 Å². The third-order valence-electron chi connectivity index (χ3n) is 5.26. The van der Waals surface area contributed by atoms with E-state index in [9.17, 15) is 14.4 Å². The summed E-state index contributed by atoms with van der Waals surface area (Å²) in [6.45, 7) is 8.34. The van der Waals surface area contributed by atoms with Crippen LogP contribution in [0.25, 0.3) is 0 Å². The topological polar surface area (TPSA) is 94.6 Å². The number of imide groups is 1. The van der Waals surface area contributed by atoms with E-state index in [0.717, 1.165) is 36.6 Å². The van der Waals surface area contributed by atoms with Gasteiger partial charge in [0.2, 0.25) is 5.91 Å². The van der Waals surface area contributed by atoms with Crippen LogP contribution in [0.4, 0.5) is 9.93 Å². The molecule has 1 saturated heterocycles. The molecule has 1 aromatic heterocycles. The average molecular weight is 379 g/mol. The number of nitrogens with one attached hydrogen (secondary N) is 2. The fourth-order valence-electron chi connectivity index (χ4n) is 3.42. The Labute approximate surface area is 156 Å². The van der Waals surface area contributed by atoms with E-state index in [1.807, 2.05) is 13.8 Å². The predicted octanol–water partition coefficient (Wildman–Crippen LogP) is 1.57. The number of aromatic nitrogens is 1. The Morgan fingerprint density at radius 3 is 2.65 bits per heavy atom. The number of rotatable bonds is 6. The highest BCUT2D eigenvalue weighted by Crippen LogP contribution is 2.28. The molecule has 1 fully saturated rings. The first-order valence-electron chi connectivity index (χ1n) is 9.07. The molecule has 0 spiro atoms. The summed E-state index contributed by atoms with van der Waals surface area (Å²) in [5.41, 5.74) is 0.141. The summed E-state index contributed by atoms with van der Waals surface area (Å²) in [7, 11) is 0. The van der Waals surface area contributed by atoms with E-state index >= 15 is 0 Å². The predicted molar refractivity (Wildman–Crippen MR) is 99.0 cm³/mol. The maximum atomic E-state index is 12.6. The second-order valence-electron chi connectivity index (χ2n) is 6.67. The van der Waals surface area contributed by atoms with Crippen LogP contribution in [0.5, 0.6) is 0 Å². The molecule has 9 heteroatoms. The van der Waals surface area contributed by atoms with Gasteiger partial charge in [0.1, 0.15) is 12.1 Å². The Morgan fingerprint density at radius 1 is 1.31 bits per heavy atom. The number of nitrogens with zero attached hydrogens (tertiary/aromatic N) is 3. The van der Waals surface area contributed by atoms with Gasteiger partial charge in [0, 0.05) is 24.4 Å². The van der Waals surface area contributed by atoms with Crippen molar-refractivity contribution >= 4 is 34.3 Å². The molecule has 8 nitrogen and oxygen atoms in total. The number of amides is 4. The first-order valence-corrected chi connectivity index (χ1v) is 9.89. The summed E-state index contributed by atoms with van der Waals surface area (Å²) in [6.07, 6.45) is 1.87. The van der Waals surface area contributed by atoms with Gasteiger partial charge in [-0.2, -0.15) is 0 Å². The largest absolute Gasteiger partial charge is 0.325 e. The molecule has 0 aliphatic carbocycles. The van der Waals surface area contributed by atoms with Crippen LogP contribution in [0.15, 0.2) is 0 Å². The molecule has 0 atom stereocenters. The Bertz CT molecular complexity index is 728. The number of hydrogen-bond acceptors (Lipinski definition) is 6. The zero-order valence-electron chi connectivity index (χ0n) is 15.4. The number of thiazole rings is 1. The molecule has 2 aliphatic rings. The number of urea groups is 1. The number of anilines is 1. The van der Waals surface area contributed by atoms with Crippen LogP contribution in [0.1, 0.15) is 44.2 Å². The van der Waals surface area contributed by atoms with Gasteiger partial charge >= 0.3 is 6.03 Å². The van der Waals surface area contributed by atoms with Crippen LogP contribution < -0.4 is 10.6 Å². The van der Waals surface area contributed by atoms with Gasteiger partial charge in [-0.25, -0.2) is 9.78 Å². The second kappa shape index (κ2) is 7.32. The standard InChI is InChI=1S/C17H25N5O3S/c1-4-17(5-2)14(24)22(16(25)20-17)10-13(23)19-15-18-11-7-8-21(6-3)9-12(11)26-15/h4-10H2,1-3H3,(H,20,25)(H,18,19,23). The first kappa shape index (κ1) is 18.8. The Hall–Kier alpha value is -2.00. The molecule has 142 valence electrons. The molecule has 0 bridgehead atoms. The third-order valence-corrected chi connectivity index (χ3v) is 6.26. The van der Waals surface area contributed by atoms with E-state index in [4.69, 9.17) is 0 Å². The molecule has 3 heterocycles. The normalized spacial score (nSPS) is 19.4. The van der Waals surface area contributed by atoms with E-state index in [1.54, 1.807) is 0 Å². The lowest BCUT2D eigenvalue weighted by atomic mass is 9.93. The van der Waals surface area contributed by atoms with E-state index in [0.29, 0.717) is 18.0 Å². The minimum Gasteiger partial charge on any atom is -0.323 e. The molecule has 0 aromatic carbocycles. The molecule has 2 N–H and O–H groups in total. The molecule has 1 aromatic rings. The molecule has 0 saturated carbocycles. The Morgan fingerprint density at radius 2 is 2.04 bits per heavy atom. The van der Waals surface area contributed by atoms with Crippen molar-refractivity contribution in [2.45, 2.75) is 52.1 Å². The van der Waals surface area contributed by atoms with Crippen molar-refractivity contribution in [1.82, 2.24) is 20.1 Å². The summed E-state index contributed by atoms with van der Waals surface area (Å²) in [5, 5.41) is 6.00. The van der Waals surface area contributed by atoms with E-state index in [-0.39, 0.29) is 12.5 Å². The van der Waals surface area contributed by atoms with Crippen LogP contribution >= 0.6 is 11.3 Å². The fraction of sp³-hybridized carbons (Fsp3) is 0.647. The van der Waals surface area contributed by atoms with Crippen molar-refractivity contribution < 1.29 is 14.4 Å². The summed E-state index contributed by atoms with van der Waals surface area (Å²) in [6, 6.07) is -0.508. The van der Waals surface area contributed by atoms with Gasteiger partial charge in [0.25, 0.3) is 5.91 Å². The molecule has 26 heavy (non-hydrogen) atoms. The summed E-state index contributed by atoms with van der Waals surface area (Å²) in [5.74, 6) is -0.741. The molecule has 2 aliphatic heterocycles. The van der Waals surface area contributed by atoms with Crippen LogP contribution in [-0.4, -0.2) is 57.8 Å². The maximum Gasteiger partial charge on any atom is 0.325 e. The van der Waals surface area contributed by atoms with Gasteiger partial charge in [-0.15, -0.1) is 11.3 Å². The van der Waals surface area contributed by atoms with Crippen LogP contribution in [0.3, 0.4) is 0 Å². The van der Waals surface area contributed by atoms with E-state index < -0.39 is 17.5 Å². The number of fused-ring (bicyclic) bond motifs is 1. The number of carbonyl (C=O) groups excluding carboxylic acids is 3. The lowest BCUT2D eigenvalue weighted by Crippen LogP contribution is -2.46. The molecule has 4 amide bonds. The summed E-state index contributed by atoms with van der Waals surface area (Å²) >= 11 is 1.46. The molecular weight excluding hydrogens is 354 g/mol. The number of carbonyl (C=O) groups is 3. The highest BCUT2D eigenvalue weighted by atomic mass is 32.1. The maximum absolute atomic E-state index is 12.6. The fourth-order valence-corrected chi connectivity index (χ4v) is 4.49. The molecule has 3 rings (SSSR count). The first-order chi connectivity index (χ1) is 12.4. The van der Waals surface area contributed by atoms with Crippen molar-refractivity contribution in [1.29, 1.82) is 0 Å². The number of hydrogen-bond donors (Lipinski definition) is 2. The lowest BCUT2D eigenvalue weighted by molar-refractivity contribution is -0.134. The Balaban J connectivity index is 1.64. The zero-order chi connectivity index (χ0) is 18.9. The molecule has 0 unspecified atom stereocenters. The van der Waals surface area contributed by atoms with Gasteiger partial charge in [-0.1, -0.05) is 20.8 Å². The van der Waals surface area contributed by atoms with Gasteiger partial charge in [-0.3, -0.25) is 19.4 Å². The van der Waals surface area contributed by atoms with Crippen molar-refractivity contribution in [3.05, 3.63) is 10.6 Å². The van der Waals surface area contributed by atoms with Crippen LogP contribution in [-0.2, 0) is 22.6 Å². The third kappa shape index (κ3) is 3.33. The lowest BCUT2D eigenvalue weighted by Gasteiger charge is -2.23. The summed E-state index contributed by atoms with van der Waals surface area (Å²) in [4.78, 5) is 46.0. The highest BCUT2D eigenvalue weighted by Gasteiger charge is 2.49. The van der Waals surface area contributed by atoms with Gasteiger partial charge in [0.15, 0.2) is 5.13 Å². The van der Waals surface area contributed by atoms with Gasteiger partial charge in [0.05, 0.1) is 5.69 Å². The average Bonchev–Trinajstić information content (AvgIpc) is 3.14. The van der Waals surface area contributed by atoms with E-state index in [1.165, 1.54) is 16.2 Å². The minimum absolute atomic E-state index is 0.294. The minimum atomic E-state index is -0.888. The van der Waals surface area contributed by atoms with Crippen molar-refractivity contribution in [3.63, 3.8) is 0 Å². The summed E-state index contributed by atoms with van der Waals surface area (Å²) < 4.78 is 0. The van der Waals surface area contributed by atoms with Gasteiger partial charge < -0.3 is 10.6 Å². The molecule has 0 radical (unpaired) electrons.